The molecule has 1 aromatic heterocycles. The Labute approximate surface area is 284 Å². The average molecular weight is 654 g/mol. The number of nitrogens with zero attached hydrogens (tertiary/aromatic N) is 2. The molecule has 3 aliphatic carbocycles. The van der Waals surface area contributed by atoms with Gasteiger partial charge in [0.2, 0.25) is 5.91 Å². The number of hydrogen-bond acceptors (Lipinski definition) is 7. The van der Waals surface area contributed by atoms with Gasteiger partial charge in [-0.15, -0.1) is 0 Å². The summed E-state index contributed by atoms with van der Waals surface area (Å²) in [6, 6.07) is 19.0. The molecule has 9 nitrogen and oxygen atoms in total. The van der Waals surface area contributed by atoms with Gasteiger partial charge in [-0.3, -0.25) is 9.69 Å². The number of hydrogen-bond donors (Lipinski definition) is 1. The number of rotatable bonds is 7. The number of para-hydroxylation sites is 1. The second-order valence-electron chi connectivity index (χ2n) is 15.9. The lowest BCUT2D eigenvalue weighted by molar-refractivity contribution is -0.199. The topological polar surface area (TPSA) is 99.2 Å². The number of pyridine rings is 1. The van der Waals surface area contributed by atoms with Gasteiger partial charge in [-0.25, -0.2) is 9.78 Å². The third-order valence-electron chi connectivity index (χ3n) is 11.3. The largest absolute Gasteiger partial charge is 0.488 e. The standard InChI is InChI=1S/C38H48BN3O6/c1-8-33(39-47-32-19-24-18-31(37(24,5)6)38(32,7)48-39)41-34(43)29-20-25(22-42(29)35(44)46-36(2,3)4)45-30-21-28(23-14-10-9-11-15-23)40-27-17-13-12-16-26(27)30/h9-17,21,24-25,29,31-33H,8,18-20,22H2,1-7H3,(H,41,43)/t24-,25+,29-,31-,32+,33-,38-/m0/s1. The number of carbonyl (C=O) groups is 2. The van der Waals surface area contributed by atoms with Crippen LogP contribution in [0.25, 0.3) is 22.2 Å². The Bertz CT molecular complexity index is 1690. The van der Waals surface area contributed by atoms with Crippen LogP contribution in [-0.2, 0) is 18.8 Å². The number of benzene rings is 2. The van der Waals surface area contributed by atoms with Crippen molar-refractivity contribution in [3.63, 3.8) is 0 Å². The lowest BCUT2D eigenvalue weighted by Gasteiger charge is -2.64. The minimum atomic E-state index is -0.786. The molecular formula is C38H48BN3O6. The molecule has 254 valence electrons. The Morgan fingerprint density at radius 2 is 1.79 bits per heavy atom. The van der Waals surface area contributed by atoms with Crippen molar-refractivity contribution in [2.75, 3.05) is 6.54 Å². The van der Waals surface area contributed by atoms with E-state index in [9.17, 15) is 9.59 Å². The van der Waals surface area contributed by atoms with Crippen molar-refractivity contribution in [2.45, 2.75) is 110 Å². The number of nitrogens with one attached hydrogen (secondary N) is 1. The first-order chi connectivity index (χ1) is 22.8. The van der Waals surface area contributed by atoms with Gasteiger partial charge in [-0.2, -0.15) is 0 Å². The molecule has 3 heterocycles. The highest BCUT2D eigenvalue weighted by atomic mass is 16.7. The van der Waals surface area contributed by atoms with Gasteiger partial charge in [-0.1, -0.05) is 63.2 Å². The summed E-state index contributed by atoms with van der Waals surface area (Å²) in [4.78, 5) is 34.1. The summed E-state index contributed by atoms with van der Waals surface area (Å²) in [6.07, 6.45) is 2.10. The molecule has 2 aliphatic heterocycles. The van der Waals surface area contributed by atoms with Crippen molar-refractivity contribution in [3.8, 4) is 17.0 Å². The molecule has 5 aliphatic rings. The fourth-order valence-electron chi connectivity index (χ4n) is 8.54. The second-order valence-corrected chi connectivity index (χ2v) is 15.9. The van der Waals surface area contributed by atoms with Crippen LogP contribution in [0.2, 0.25) is 0 Å². The highest BCUT2D eigenvalue weighted by molar-refractivity contribution is 6.47. The van der Waals surface area contributed by atoms with Gasteiger partial charge in [0.1, 0.15) is 23.5 Å². The molecular weight excluding hydrogens is 605 g/mol. The van der Waals surface area contributed by atoms with Crippen molar-refractivity contribution in [1.82, 2.24) is 15.2 Å². The molecule has 2 bridgehead atoms. The highest BCUT2D eigenvalue weighted by Gasteiger charge is 2.68. The number of amides is 2. The molecule has 48 heavy (non-hydrogen) atoms. The molecule has 0 unspecified atom stereocenters. The first kappa shape index (κ1) is 32.9. The summed E-state index contributed by atoms with van der Waals surface area (Å²) in [6.45, 7) is 14.6. The lowest BCUT2D eigenvalue weighted by Crippen LogP contribution is -2.65. The van der Waals surface area contributed by atoms with Crippen molar-refractivity contribution >= 4 is 30.0 Å². The van der Waals surface area contributed by atoms with Gasteiger partial charge >= 0.3 is 13.2 Å². The summed E-state index contributed by atoms with van der Waals surface area (Å²) in [7, 11) is -0.549. The molecule has 3 aromatic rings. The summed E-state index contributed by atoms with van der Waals surface area (Å²) >= 11 is 0. The van der Waals surface area contributed by atoms with E-state index in [1.807, 2.05) is 88.4 Å². The van der Waals surface area contributed by atoms with Crippen molar-refractivity contribution in [1.29, 1.82) is 0 Å². The molecule has 2 saturated heterocycles. The number of aromatic nitrogens is 1. The molecule has 3 saturated carbocycles. The predicted octanol–water partition coefficient (Wildman–Crippen LogP) is 6.82. The maximum Gasteiger partial charge on any atom is 0.481 e. The van der Waals surface area contributed by atoms with Gasteiger partial charge in [0, 0.05) is 23.4 Å². The number of likely N-dealkylation sites (tertiary alicyclic amines) is 1. The molecule has 2 amide bonds. The van der Waals surface area contributed by atoms with E-state index in [1.165, 1.54) is 4.90 Å². The Balaban J connectivity index is 1.12. The predicted molar refractivity (Wildman–Crippen MR) is 185 cm³/mol. The molecule has 1 N–H and O–H groups in total. The quantitative estimate of drug-likeness (QED) is 0.280. The van der Waals surface area contributed by atoms with E-state index in [0.717, 1.165) is 35.0 Å². The second kappa shape index (κ2) is 12.1. The van der Waals surface area contributed by atoms with E-state index >= 15 is 0 Å². The van der Waals surface area contributed by atoms with Crippen LogP contribution in [-0.4, -0.2) is 70.9 Å². The molecule has 7 atom stereocenters. The van der Waals surface area contributed by atoms with Gasteiger partial charge in [0.05, 0.1) is 35.4 Å². The average Bonchev–Trinajstić information content (AvgIpc) is 3.64. The Morgan fingerprint density at radius 3 is 2.50 bits per heavy atom. The molecule has 0 spiro atoms. The molecule has 5 fully saturated rings. The number of carbonyl (C=O) groups excluding carboxylic acids is 2. The molecule has 2 aromatic carbocycles. The maximum atomic E-state index is 14.1. The third-order valence-corrected chi connectivity index (χ3v) is 11.3. The van der Waals surface area contributed by atoms with Crippen LogP contribution in [0.4, 0.5) is 4.79 Å². The number of fused-ring (bicyclic) bond motifs is 1. The molecule has 8 rings (SSSR count). The van der Waals surface area contributed by atoms with Crippen molar-refractivity contribution in [3.05, 3.63) is 60.7 Å². The van der Waals surface area contributed by atoms with Gasteiger partial charge in [0.15, 0.2) is 0 Å². The first-order valence-electron chi connectivity index (χ1n) is 17.5. The van der Waals surface area contributed by atoms with Crippen LogP contribution in [0.15, 0.2) is 60.7 Å². The zero-order chi connectivity index (χ0) is 34.0. The minimum Gasteiger partial charge on any atom is -0.488 e. The normalized spacial score (nSPS) is 29.6. The van der Waals surface area contributed by atoms with Crippen LogP contribution in [0.5, 0.6) is 5.75 Å². The monoisotopic (exact) mass is 653 g/mol. The summed E-state index contributed by atoms with van der Waals surface area (Å²) in [5.41, 5.74) is 1.70. The van der Waals surface area contributed by atoms with Crippen LogP contribution in [0, 0.1) is 17.3 Å². The van der Waals surface area contributed by atoms with E-state index < -0.39 is 31.0 Å². The molecule has 0 radical (unpaired) electrons. The SMILES string of the molecule is CC[C@H](NC(=O)[C@@H]1C[C@@H](Oc2cc(-c3ccccc3)nc3ccccc23)CN1C(=O)OC(C)(C)C)B1O[C@@H]2C[C@@H]3C[C@@H](C3(C)C)[C@]2(C)O1. The van der Waals surface area contributed by atoms with Crippen molar-refractivity contribution < 1.29 is 28.4 Å². The van der Waals surface area contributed by atoms with E-state index in [4.69, 9.17) is 23.8 Å². The van der Waals surface area contributed by atoms with Crippen LogP contribution in [0.3, 0.4) is 0 Å². The minimum absolute atomic E-state index is 0.0173. The van der Waals surface area contributed by atoms with Gasteiger partial charge in [-0.05, 0) is 76.3 Å². The van der Waals surface area contributed by atoms with Gasteiger partial charge < -0.3 is 24.1 Å². The van der Waals surface area contributed by atoms with E-state index in [1.54, 1.807) is 0 Å². The van der Waals surface area contributed by atoms with E-state index in [-0.39, 0.29) is 35.5 Å². The van der Waals surface area contributed by atoms with Crippen LogP contribution in [0.1, 0.15) is 74.1 Å². The highest BCUT2D eigenvalue weighted by Crippen LogP contribution is 2.65. The zero-order valence-electron chi connectivity index (χ0n) is 29.2. The van der Waals surface area contributed by atoms with Gasteiger partial charge in [0.25, 0.3) is 0 Å². The Morgan fingerprint density at radius 1 is 1.06 bits per heavy atom. The fourth-order valence-corrected chi connectivity index (χ4v) is 8.54. The Hall–Kier alpha value is -3.63. The number of ether oxygens (including phenoxy) is 2. The van der Waals surface area contributed by atoms with E-state index in [2.05, 4.69) is 26.1 Å². The third kappa shape index (κ3) is 5.85. The summed E-state index contributed by atoms with van der Waals surface area (Å²) < 4.78 is 25.7. The van der Waals surface area contributed by atoms with Crippen LogP contribution < -0.4 is 10.1 Å². The zero-order valence-corrected chi connectivity index (χ0v) is 29.2. The fraction of sp³-hybridized carbons (Fsp3) is 0.553. The molecule has 10 heteroatoms. The first-order valence-corrected chi connectivity index (χ1v) is 17.5. The maximum absolute atomic E-state index is 14.1. The summed E-state index contributed by atoms with van der Waals surface area (Å²) in [5, 5.41) is 4.08. The van der Waals surface area contributed by atoms with Crippen LogP contribution >= 0.6 is 0 Å². The Kier molecular flexibility index (Phi) is 8.26. The van der Waals surface area contributed by atoms with E-state index in [0.29, 0.717) is 30.4 Å². The smallest absolute Gasteiger partial charge is 0.481 e. The summed E-state index contributed by atoms with van der Waals surface area (Å²) in [5.74, 6) is 1.09. The lowest BCUT2D eigenvalue weighted by atomic mass is 9.43. The van der Waals surface area contributed by atoms with Crippen molar-refractivity contribution in [2.24, 2.45) is 17.3 Å².